The number of aromatic nitrogens is 1. The minimum Gasteiger partial charge on any atom is -0.456 e. The normalized spacial score (nSPS) is 24.9. The lowest BCUT2D eigenvalue weighted by atomic mass is 9.80. The van der Waals surface area contributed by atoms with E-state index in [4.69, 9.17) is 9.15 Å². The second kappa shape index (κ2) is 10.3. The van der Waals surface area contributed by atoms with Gasteiger partial charge in [0.05, 0.1) is 13.2 Å². The van der Waals surface area contributed by atoms with Crippen molar-refractivity contribution in [3.63, 3.8) is 0 Å². The highest BCUT2D eigenvalue weighted by molar-refractivity contribution is 5.91. The van der Waals surface area contributed by atoms with Crippen molar-refractivity contribution in [2.75, 3.05) is 45.9 Å². The van der Waals surface area contributed by atoms with Crippen molar-refractivity contribution >= 4 is 5.91 Å². The first-order chi connectivity index (χ1) is 16.2. The molecule has 2 atom stereocenters. The van der Waals surface area contributed by atoms with Gasteiger partial charge in [0.2, 0.25) is 0 Å². The lowest BCUT2D eigenvalue weighted by Crippen LogP contribution is -2.45. The number of carbonyl (C=O) groups excluding carboxylic acids is 1. The van der Waals surface area contributed by atoms with E-state index in [0.29, 0.717) is 23.6 Å². The molecule has 0 aromatic carbocycles. The quantitative estimate of drug-likeness (QED) is 0.694. The van der Waals surface area contributed by atoms with Crippen LogP contribution in [0, 0.1) is 5.92 Å². The molecule has 0 aliphatic carbocycles. The number of pyridine rings is 1. The number of ether oxygens (including phenoxy) is 1. The van der Waals surface area contributed by atoms with Gasteiger partial charge in [0.15, 0.2) is 5.76 Å². The fourth-order valence-corrected chi connectivity index (χ4v) is 5.52. The Morgan fingerprint density at radius 3 is 2.64 bits per heavy atom. The maximum Gasteiger partial charge on any atom is 0.289 e. The van der Waals surface area contributed by atoms with Gasteiger partial charge in [-0.1, -0.05) is 6.92 Å². The predicted molar refractivity (Wildman–Crippen MR) is 125 cm³/mol. The Bertz CT molecular complexity index is 919. The average molecular weight is 454 g/mol. The molecular formula is C25H35N5O3. The first-order valence-electron chi connectivity index (χ1n) is 12.3. The SMILES string of the molecule is CCc1oc(C(=O)N2CCC(C3NNCC3c3ccncc3)CC2)cc1CN1CCOCC1. The fraction of sp³-hybridized carbons (Fsp3) is 0.600. The number of morpholine rings is 1. The summed E-state index contributed by atoms with van der Waals surface area (Å²) in [4.78, 5) is 21.7. The number of hydrazine groups is 1. The largest absolute Gasteiger partial charge is 0.456 e. The van der Waals surface area contributed by atoms with Crippen LogP contribution >= 0.6 is 0 Å². The number of piperidine rings is 1. The van der Waals surface area contributed by atoms with Crippen LogP contribution in [-0.2, 0) is 17.7 Å². The molecule has 0 bridgehead atoms. The van der Waals surface area contributed by atoms with Gasteiger partial charge in [-0.25, -0.2) is 0 Å². The van der Waals surface area contributed by atoms with Gasteiger partial charge in [-0.15, -0.1) is 0 Å². The molecule has 3 aliphatic rings. The van der Waals surface area contributed by atoms with E-state index in [1.807, 2.05) is 23.4 Å². The molecule has 2 aromatic rings. The van der Waals surface area contributed by atoms with Crippen LogP contribution in [0.15, 0.2) is 35.0 Å². The maximum atomic E-state index is 13.3. The van der Waals surface area contributed by atoms with Crippen LogP contribution in [0.25, 0.3) is 0 Å². The van der Waals surface area contributed by atoms with Crippen molar-refractivity contribution in [2.24, 2.45) is 5.92 Å². The van der Waals surface area contributed by atoms with Gasteiger partial charge in [-0.2, -0.15) is 0 Å². The van der Waals surface area contributed by atoms with Crippen LogP contribution in [-0.4, -0.2) is 72.7 Å². The zero-order valence-electron chi connectivity index (χ0n) is 19.5. The summed E-state index contributed by atoms with van der Waals surface area (Å²) in [6.45, 7) is 8.76. The van der Waals surface area contributed by atoms with Gasteiger partial charge in [0, 0.05) is 75.6 Å². The molecule has 3 fully saturated rings. The van der Waals surface area contributed by atoms with Gasteiger partial charge in [-0.05, 0) is 42.5 Å². The second-order valence-corrected chi connectivity index (χ2v) is 9.37. The zero-order valence-corrected chi connectivity index (χ0v) is 19.5. The van der Waals surface area contributed by atoms with Gasteiger partial charge < -0.3 is 14.1 Å². The van der Waals surface area contributed by atoms with Gasteiger partial charge in [-0.3, -0.25) is 25.5 Å². The van der Waals surface area contributed by atoms with E-state index >= 15 is 0 Å². The first-order valence-corrected chi connectivity index (χ1v) is 12.3. The third-order valence-corrected chi connectivity index (χ3v) is 7.42. The van der Waals surface area contributed by atoms with Crippen LogP contribution in [0.2, 0.25) is 0 Å². The number of nitrogens with zero attached hydrogens (tertiary/aromatic N) is 3. The fourth-order valence-electron chi connectivity index (χ4n) is 5.52. The predicted octanol–water partition coefficient (Wildman–Crippen LogP) is 2.18. The summed E-state index contributed by atoms with van der Waals surface area (Å²) in [7, 11) is 0. The van der Waals surface area contributed by atoms with Crippen LogP contribution < -0.4 is 10.9 Å². The molecule has 2 N–H and O–H groups in total. The van der Waals surface area contributed by atoms with Crippen LogP contribution in [0.3, 0.4) is 0 Å². The Hall–Kier alpha value is -2.26. The topological polar surface area (TPSA) is 82.9 Å². The molecule has 5 heterocycles. The molecule has 2 unspecified atom stereocenters. The smallest absolute Gasteiger partial charge is 0.289 e. The van der Waals surface area contributed by atoms with E-state index in [1.165, 1.54) is 5.56 Å². The number of likely N-dealkylation sites (tertiary alicyclic amines) is 1. The highest BCUT2D eigenvalue weighted by Gasteiger charge is 2.37. The lowest BCUT2D eigenvalue weighted by Gasteiger charge is -2.36. The summed E-state index contributed by atoms with van der Waals surface area (Å²) in [5, 5.41) is 0. The highest BCUT2D eigenvalue weighted by Crippen LogP contribution is 2.32. The van der Waals surface area contributed by atoms with E-state index in [-0.39, 0.29) is 5.91 Å². The van der Waals surface area contributed by atoms with Crippen LogP contribution in [0.4, 0.5) is 0 Å². The summed E-state index contributed by atoms with van der Waals surface area (Å²) >= 11 is 0. The first kappa shape index (κ1) is 22.5. The third-order valence-electron chi connectivity index (χ3n) is 7.42. The third kappa shape index (κ3) is 4.99. The Morgan fingerprint density at radius 1 is 1.15 bits per heavy atom. The average Bonchev–Trinajstić information content (AvgIpc) is 3.52. The molecule has 178 valence electrons. The molecule has 0 saturated carbocycles. The molecule has 33 heavy (non-hydrogen) atoms. The van der Waals surface area contributed by atoms with Crippen molar-refractivity contribution in [3.8, 4) is 0 Å². The monoisotopic (exact) mass is 453 g/mol. The number of rotatable bonds is 6. The Morgan fingerprint density at radius 2 is 1.91 bits per heavy atom. The Labute approximate surface area is 195 Å². The second-order valence-electron chi connectivity index (χ2n) is 9.37. The van der Waals surface area contributed by atoms with Crippen LogP contribution in [0.1, 0.15) is 53.1 Å². The standard InChI is InChI=1S/C25H35N5O3/c1-2-22-20(17-29-11-13-32-14-12-29)15-23(33-22)25(31)30-9-5-19(6-10-30)24-21(16-27-28-24)18-3-7-26-8-4-18/h3-4,7-8,15,19,21,24,27-28H,2,5-6,9-14,16-17H2,1H3. The molecule has 8 heteroatoms. The van der Waals surface area contributed by atoms with Crippen molar-refractivity contribution in [3.05, 3.63) is 53.2 Å². The number of aryl methyl sites for hydroxylation is 1. The molecule has 8 nitrogen and oxygen atoms in total. The highest BCUT2D eigenvalue weighted by atomic mass is 16.5. The minimum atomic E-state index is 0.0274. The van der Waals surface area contributed by atoms with E-state index in [0.717, 1.165) is 83.1 Å². The van der Waals surface area contributed by atoms with E-state index in [9.17, 15) is 4.79 Å². The molecule has 5 rings (SSSR count). The summed E-state index contributed by atoms with van der Waals surface area (Å²) in [6.07, 6.45) is 6.52. The molecular weight excluding hydrogens is 418 g/mol. The summed E-state index contributed by atoms with van der Waals surface area (Å²) in [5.74, 6) is 2.41. The number of amides is 1. The van der Waals surface area contributed by atoms with E-state index in [1.54, 1.807) is 0 Å². The number of furan rings is 1. The van der Waals surface area contributed by atoms with Gasteiger partial charge in [0.25, 0.3) is 5.91 Å². The van der Waals surface area contributed by atoms with Crippen molar-refractivity contribution in [2.45, 2.75) is 44.7 Å². The number of nitrogens with one attached hydrogen (secondary N) is 2. The number of hydrogen-bond acceptors (Lipinski definition) is 7. The van der Waals surface area contributed by atoms with Crippen LogP contribution in [0.5, 0.6) is 0 Å². The molecule has 0 radical (unpaired) electrons. The maximum absolute atomic E-state index is 13.3. The number of carbonyl (C=O) groups is 1. The Kier molecular flexibility index (Phi) is 7.06. The van der Waals surface area contributed by atoms with Crippen molar-refractivity contribution in [1.29, 1.82) is 0 Å². The Balaban J connectivity index is 1.20. The van der Waals surface area contributed by atoms with E-state index in [2.05, 4.69) is 39.8 Å². The summed E-state index contributed by atoms with van der Waals surface area (Å²) in [6, 6.07) is 6.58. The number of hydrogen-bond donors (Lipinski definition) is 2. The van der Waals surface area contributed by atoms with Gasteiger partial charge >= 0.3 is 0 Å². The summed E-state index contributed by atoms with van der Waals surface area (Å²) < 4.78 is 11.5. The van der Waals surface area contributed by atoms with Crippen molar-refractivity contribution in [1.82, 2.24) is 25.6 Å². The minimum absolute atomic E-state index is 0.0274. The van der Waals surface area contributed by atoms with Crippen molar-refractivity contribution < 1.29 is 13.9 Å². The van der Waals surface area contributed by atoms with E-state index < -0.39 is 0 Å². The molecule has 3 aliphatic heterocycles. The molecule has 1 amide bonds. The lowest BCUT2D eigenvalue weighted by molar-refractivity contribution is 0.0339. The zero-order chi connectivity index (χ0) is 22.6. The molecule has 3 saturated heterocycles. The molecule has 2 aromatic heterocycles. The molecule has 0 spiro atoms. The summed E-state index contributed by atoms with van der Waals surface area (Å²) in [5.41, 5.74) is 9.31. The van der Waals surface area contributed by atoms with Gasteiger partial charge in [0.1, 0.15) is 5.76 Å².